The van der Waals surface area contributed by atoms with Gasteiger partial charge in [0.1, 0.15) is 6.61 Å². The zero-order chi connectivity index (χ0) is 30.1. The number of ether oxygens (including phenoxy) is 2. The van der Waals surface area contributed by atoms with Crippen molar-refractivity contribution in [3.8, 4) is 5.69 Å². The molecule has 4 rings (SSSR count). The van der Waals surface area contributed by atoms with E-state index < -0.39 is 6.09 Å². The molecule has 0 unspecified atom stereocenters. The number of anilines is 1. The third kappa shape index (κ3) is 8.42. The number of hydrogen-bond acceptors (Lipinski definition) is 8. The number of carbonyl (C=O) groups excluding carboxylic acids is 2. The van der Waals surface area contributed by atoms with Gasteiger partial charge in [0.05, 0.1) is 34.2 Å². The van der Waals surface area contributed by atoms with Crippen LogP contribution in [0.25, 0.3) is 5.69 Å². The van der Waals surface area contributed by atoms with E-state index in [0.717, 1.165) is 31.2 Å². The van der Waals surface area contributed by atoms with E-state index in [9.17, 15) is 19.5 Å². The number of nitrogens with one attached hydrogen (secondary N) is 2. The third-order valence-corrected chi connectivity index (χ3v) is 8.47. The van der Waals surface area contributed by atoms with Crippen molar-refractivity contribution in [3.05, 3.63) is 79.4 Å². The number of methoxy groups -OCH3 is 1. The van der Waals surface area contributed by atoms with Crippen molar-refractivity contribution in [1.82, 2.24) is 15.2 Å². The topological polar surface area (TPSA) is 122 Å². The first-order valence-corrected chi connectivity index (χ1v) is 15.1. The number of benzene rings is 1. The summed E-state index contributed by atoms with van der Waals surface area (Å²) in [5, 5.41) is 15.9. The fourth-order valence-electron chi connectivity index (χ4n) is 4.93. The van der Waals surface area contributed by atoms with Crippen LogP contribution in [-0.4, -0.2) is 67.7 Å². The molecule has 3 N–H and O–H groups in total. The van der Waals surface area contributed by atoms with E-state index in [4.69, 9.17) is 21.1 Å². The molecule has 2 aromatic heterocycles. The standard InChI is InChI=1S/C30H37ClN4O6S/c1-34(30(39)41-17-15-33-28(37)26-11-12-27(31)42-26)23-7-10-25(21(18-23)19-40-2)35-16-3-4-20(29(35)38)13-14-32-22-5-8-24(36)9-6-22/h3-4,7,10-12,16,18,22,24,32,36H,5-6,8-9,13-15,17,19H2,1-2H3,(H,33,37). The van der Waals surface area contributed by atoms with Gasteiger partial charge in [-0.05, 0) is 75.0 Å². The van der Waals surface area contributed by atoms with Crippen LogP contribution in [-0.2, 0) is 22.5 Å². The summed E-state index contributed by atoms with van der Waals surface area (Å²) in [5.41, 5.74) is 2.56. The molecule has 10 nitrogen and oxygen atoms in total. The van der Waals surface area contributed by atoms with Gasteiger partial charge in [0, 0.05) is 43.2 Å². The summed E-state index contributed by atoms with van der Waals surface area (Å²) in [6.45, 7) is 1.07. The third-order valence-electron chi connectivity index (χ3n) is 7.24. The fourth-order valence-corrected chi connectivity index (χ4v) is 5.88. The van der Waals surface area contributed by atoms with Gasteiger partial charge in [-0.25, -0.2) is 4.79 Å². The van der Waals surface area contributed by atoms with Crippen molar-refractivity contribution in [3.63, 3.8) is 0 Å². The normalized spacial score (nSPS) is 16.7. The van der Waals surface area contributed by atoms with E-state index in [1.807, 2.05) is 12.1 Å². The Bertz CT molecular complexity index is 1420. The number of aliphatic hydroxyl groups is 1. The molecule has 0 aliphatic heterocycles. The minimum absolute atomic E-state index is 0.00320. The van der Waals surface area contributed by atoms with Crippen LogP contribution in [0.15, 0.2) is 53.5 Å². The molecule has 42 heavy (non-hydrogen) atoms. The molecular formula is C30H37ClN4O6S. The number of nitrogens with zero attached hydrogens (tertiary/aromatic N) is 2. The molecule has 0 bridgehead atoms. The second kappa shape index (κ2) is 15.3. The molecular weight excluding hydrogens is 580 g/mol. The van der Waals surface area contributed by atoms with E-state index in [1.165, 1.54) is 16.2 Å². The monoisotopic (exact) mass is 616 g/mol. The lowest BCUT2D eigenvalue weighted by atomic mass is 9.93. The maximum Gasteiger partial charge on any atom is 0.414 e. The number of pyridine rings is 1. The molecule has 1 aliphatic carbocycles. The van der Waals surface area contributed by atoms with Gasteiger partial charge in [-0.2, -0.15) is 0 Å². The van der Waals surface area contributed by atoms with Crippen molar-refractivity contribution in [2.45, 2.75) is 50.9 Å². The molecule has 1 saturated carbocycles. The second-order valence-corrected chi connectivity index (χ2v) is 11.9. The predicted molar refractivity (Wildman–Crippen MR) is 164 cm³/mol. The van der Waals surface area contributed by atoms with E-state index in [-0.39, 0.29) is 37.3 Å². The Morgan fingerprint density at radius 3 is 2.62 bits per heavy atom. The molecule has 2 heterocycles. The predicted octanol–water partition coefficient (Wildman–Crippen LogP) is 4.14. The average molecular weight is 617 g/mol. The van der Waals surface area contributed by atoms with Gasteiger partial charge in [0.2, 0.25) is 0 Å². The van der Waals surface area contributed by atoms with E-state index >= 15 is 0 Å². The zero-order valence-corrected chi connectivity index (χ0v) is 25.4. The minimum Gasteiger partial charge on any atom is -0.447 e. The summed E-state index contributed by atoms with van der Waals surface area (Å²) in [5.74, 6) is -0.281. The van der Waals surface area contributed by atoms with Crippen LogP contribution >= 0.6 is 22.9 Å². The minimum atomic E-state index is -0.585. The average Bonchev–Trinajstić information content (AvgIpc) is 3.43. The number of rotatable bonds is 12. The number of amides is 2. The molecule has 1 aromatic carbocycles. The van der Waals surface area contributed by atoms with Crippen LogP contribution in [0.1, 0.15) is 46.5 Å². The van der Waals surface area contributed by atoms with Gasteiger partial charge in [-0.15, -0.1) is 11.3 Å². The summed E-state index contributed by atoms with van der Waals surface area (Å²) < 4.78 is 12.9. The van der Waals surface area contributed by atoms with Gasteiger partial charge < -0.3 is 25.2 Å². The summed E-state index contributed by atoms with van der Waals surface area (Å²) in [4.78, 5) is 40.1. The second-order valence-electron chi connectivity index (χ2n) is 10.2. The van der Waals surface area contributed by atoms with Crippen molar-refractivity contribution in [2.24, 2.45) is 0 Å². The van der Waals surface area contributed by atoms with Crippen LogP contribution in [0, 0.1) is 0 Å². The number of carbonyl (C=O) groups is 2. The fraction of sp³-hybridized carbons (Fsp3) is 0.433. The highest BCUT2D eigenvalue weighted by atomic mass is 35.5. The van der Waals surface area contributed by atoms with Crippen LogP contribution in [0.3, 0.4) is 0 Å². The lowest BCUT2D eigenvalue weighted by Gasteiger charge is -2.26. The molecule has 1 fully saturated rings. The Morgan fingerprint density at radius 1 is 1.12 bits per heavy atom. The Balaban J connectivity index is 1.37. The molecule has 2 amide bonds. The van der Waals surface area contributed by atoms with Crippen LogP contribution in [0.2, 0.25) is 4.34 Å². The number of thiophene rings is 1. The molecule has 12 heteroatoms. The highest BCUT2D eigenvalue weighted by Gasteiger charge is 2.19. The number of aromatic nitrogens is 1. The molecule has 0 atom stereocenters. The first kappa shape index (κ1) is 31.7. The Morgan fingerprint density at radius 2 is 1.90 bits per heavy atom. The Hall–Kier alpha value is -3.22. The number of hydrogen-bond donors (Lipinski definition) is 3. The van der Waals surface area contributed by atoms with Gasteiger partial charge in [0.15, 0.2) is 0 Å². The van der Waals surface area contributed by atoms with Gasteiger partial charge >= 0.3 is 6.09 Å². The van der Waals surface area contributed by atoms with Crippen molar-refractivity contribution < 1.29 is 24.2 Å². The van der Waals surface area contributed by atoms with Gasteiger partial charge in [0.25, 0.3) is 11.5 Å². The van der Waals surface area contributed by atoms with Crippen molar-refractivity contribution in [1.29, 1.82) is 0 Å². The van der Waals surface area contributed by atoms with Crippen molar-refractivity contribution in [2.75, 3.05) is 38.8 Å². The molecule has 0 saturated heterocycles. The quantitative estimate of drug-likeness (QED) is 0.262. The van der Waals surface area contributed by atoms with Crippen molar-refractivity contribution >= 4 is 40.6 Å². The van der Waals surface area contributed by atoms with E-state index in [2.05, 4.69) is 10.6 Å². The largest absolute Gasteiger partial charge is 0.447 e. The van der Waals surface area contributed by atoms with Crippen LogP contribution in [0.4, 0.5) is 10.5 Å². The molecule has 0 spiro atoms. The summed E-state index contributed by atoms with van der Waals surface area (Å²) >= 11 is 7.04. The summed E-state index contributed by atoms with van der Waals surface area (Å²) in [7, 11) is 3.16. The maximum atomic E-state index is 13.4. The van der Waals surface area contributed by atoms with E-state index in [1.54, 1.807) is 55.3 Å². The Labute approximate surface area is 254 Å². The summed E-state index contributed by atoms with van der Waals surface area (Å²) in [6, 6.07) is 12.7. The summed E-state index contributed by atoms with van der Waals surface area (Å²) in [6.07, 6.45) is 5.04. The van der Waals surface area contributed by atoms with Gasteiger partial charge in [-0.1, -0.05) is 17.7 Å². The molecule has 3 aromatic rings. The molecule has 1 aliphatic rings. The molecule has 0 radical (unpaired) electrons. The van der Waals surface area contributed by atoms with Crippen LogP contribution in [0.5, 0.6) is 0 Å². The SMILES string of the molecule is COCc1cc(N(C)C(=O)OCCNC(=O)c2ccc(Cl)s2)ccc1-n1cccc(CCNC2CCC(O)CC2)c1=O. The highest BCUT2D eigenvalue weighted by molar-refractivity contribution is 7.18. The molecule has 226 valence electrons. The lowest BCUT2D eigenvalue weighted by Crippen LogP contribution is -2.36. The van der Waals surface area contributed by atoms with Gasteiger partial charge in [-0.3, -0.25) is 19.1 Å². The van der Waals surface area contributed by atoms with Crippen LogP contribution < -0.4 is 21.1 Å². The number of aliphatic hydroxyl groups excluding tert-OH is 1. The lowest BCUT2D eigenvalue weighted by molar-refractivity contribution is 0.0940. The highest BCUT2D eigenvalue weighted by Crippen LogP contribution is 2.24. The van der Waals surface area contributed by atoms with E-state index in [0.29, 0.717) is 45.2 Å². The smallest absolute Gasteiger partial charge is 0.414 e. The Kier molecular flexibility index (Phi) is 11.6. The zero-order valence-electron chi connectivity index (χ0n) is 23.8. The maximum absolute atomic E-state index is 13.4. The first-order chi connectivity index (χ1) is 20.3. The number of halogens is 1. The first-order valence-electron chi connectivity index (χ1n) is 13.9.